The first-order chi connectivity index (χ1) is 53.0. The number of oxazole rings is 4. The third-order valence-electron chi connectivity index (χ3n) is 20.4. The lowest BCUT2D eigenvalue weighted by atomic mass is 9.98. The van der Waals surface area contributed by atoms with Gasteiger partial charge in [0.25, 0.3) is 0 Å². The van der Waals surface area contributed by atoms with E-state index in [0.29, 0.717) is 81.2 Å². The van der Waals surface area contributed by atoms with Crippen LogP contribution in [0.1, 0.15) is 133 Å². The van der Waals surface area contributed by atoms with Gasteiger partial charge in [0.05, 0.1) is 45.8 Å². The van der Waals surface area contributed by atoms with Crippen LogP contribution in [0.2, 0.25) is 0 Å². The Bertz CT molecular complexity index is 4760. The van der Waals surface area contributed by atoms with Crippen LogP contribution in [0.4, 0.5) is 11.4 Å². The van der Waals surface area contributed by atoms with E-state index < -0.39 is 0 Å². The molecule has 0 saturated carbocycles. The van der Waals surface area contributed by atoms with Crippen molar-refractivity contribution in [3.05, 3.63) is 296 Å². The van der Waals surface area contributed by atoms with Gasteiger partial charge in [0.2, 0.25) is 35.4 Å². The molecule has 0 radical (unpaired) electrons. The standard InChI is InChI=1S/C23H24N2O2S.2C23H23NO2S.C22H22N2O2S/c1-3-17-8-10-19(11-9-17)23-24-20(16(2)27-23)14-28-15-22(26)25-13-12-18-6-4-5-7-21(18)25;2*1-15-7-9-18(10-8-15)23-24-21(16(2)26-23)13-27-14-22(25)20-12-11-17-5-3-4-6-19(17)20;1-15-7-9-18(10-8-15)22-23-19(16(2)26-22)13-27-14-21(25)24-12-11-17-5-3-4-6-20(17)24/h4-11H,3,12-15H2,1-2H3;2*3-10,20H,11-14H2,1-2H3;3-10H,11-14H2,1-2H3. The molecule has 0 N–H and O–H groups in total. The van der Waals surface area contributed by atoms with Crippen LogP contribution in [0.15, 0.2) is 212 Å². The van der Waals surface area contributed by atoms with Crippen molar-refractivity contribution in [1.82, 2.24) is 19.9 Å². The monoisotopic (exact) mass is 1520 g/mol. The second-order valence-corrected chi connectivity index (χ2v) is 32.0. The van der Waals surface area contributed by atoms with Crippen molar-refractivity contribution >= 4 is 81.8 Å². The van der Waals surface area contributed by atoms with Crippen LogP contribution in [-0.4, -0.2) is 79.4 Å². The fourth-order valence-corrected chi connectivity index (χ4v) is 17.7. The molecule has 2 amide bonds. The largest absolute Gasteiger partial charge is 0.441 e. The average Bonchev–Trinajstić information content (AvgIpc) is 1.68. The number of anilines is 2. The second kappa shape index (κ2) is 36.7. The zero-order valence-electron chi connectivity index (χ0n) is 63.2. The Morgan fingerprint density at radius 1 is 0.358 bits per heavy atom. The van der Waals surface area contributed by atoms with Crippen molar-refractivity contribution in [3.8, 4) is 45.8 Å². The maximum Gasteiger partial charge on any atom is 0.237 e. The Balaban J connectivity index is 0.000000128. The summed E-state index contributed by atoms with van der Waals surface area (Å²) in [5.41, 5.74) is 22.3. The van der Waals surface area contributed by atoms with E-state index in [4.69, 9.17) is 17.7 Å². The number of Topliss-reactive ketones (excluding diaryl/α,β-unsaturated/α-hetero) is 2. The van der Waals surface area contributed by atoms with Crippen molar-refractivity contribution in [1.29, 1.82) is 0 Å². The predicted molar refractivity (Wildman–Crippen MR) is 445 cm³/mol. The van der Waals surface area contributed by atoms with Gasteiger partial charge in [0.1, 0.15) is 34.6 Å². The van der Waals surface area contributed by atoms with E-state index >= 15 is 0 Å². The zero-order chi connectivity index (χ0) is 75.9. The summed E-state index contributed by atoms with van der Waals surface area (Å²) in [4.78, 5) is 73.0. The minimum absolute atomic E-state index is 0.0650. The fourth-order valence-electron chi connectivity index (χ4n) is 14.0. The molecule has 2 unspecified atom stereocenters. The lowest BCUT2D eigenvalue weighted by Crippen LogP contribution is -2.30. The molecule has 12 aromatic rings. The van der Waals surface area contributed by atoms with Gasteiger partial charge < -0.3 is 27.5 Å². The van der Waals surface area contributed by atoms with Gasteiger partial charge in [-0.25, -0.2) is 19.9 Å². The number of nitrogens with zero attached hydrogens (tertiary/aromatic N) is 6. The number of thioether (sulfide) groups is 4. The predicted octanol–water partition coefficient (Wildman–Crippen LogP) is 20.8. The third-order valence-corrected chi connectivity index (χ3v) is 24.2. The molecule has 2 atom stereocenters. The van der Waals surface area contributed by atoms with Crippen molar-refractivity contribution in [3.63, 3.8) is 0 Å². The van der Waals surface area contributed by atoms with Crippen molar-refractivity contribution < 1.29 is 36.8 Å². The number of ketones is 2. The van der Waals surface area contributed by atoms with Crippen LogP contribution in [0, 0.1) is 48.5 Å². The molecule has 2 aliphatic heterocycles. The molecule has 18 heteroatoms. The van der Waals surface area contributed by atoms with Crippen LogP contribution in [0.3, 0.4) is 0 Å². The molecule has 6 heterocycles. The Kier molecular flexibility index (Phi) is 26.0. The zero-order valence-corrected chi connectivity index (χ0v) is 66.5. The number of rotatable bonds is 23. The molecule has 4 aliphatic rings. The second-order valence-electron chi connectivity index (χ2n) is 28.1. The van der Waals surface area contributed by atoms with Gasteiger partial charge in [0.15, 0.2) is 0 Å². The number of aromatic nitrogens is 4. The van der Waals surface area contributed by atoms with E-state index in [1.165, 1.54) is 55.6 Å². The van der Waals surface area contributed by atoms with E-state index in [9.17, 15) is 19.2 Å². The first-order valence-electron chi connectivity index (χ1n) is 37.4. The molecule has 0 saturated heterocycles. The quantitative estimate of drug-likeness (QED) is 0.0590. The summed E-state index contributed by atoms with van der Waals surface area (Å²) >= 11 is 6.44. The van der Waals surface area contributed by atoms with E-state index in [0.717, 1.165) is 137 Å². The number of fused-ring (bicyclic) bond motifs is 4. The lowest BCUT2D eigenvalue weighted by Gasteiger charge is -2.16. The number of aryl methyl sites for hydroxylation is 10. The molecular formula is C91H92N6O8S4. The molecule has 4 aromatic heterocycles. The molecular weight excluding hydrogens is 1430 g/mol. The highest BCUT2D eigenvalue weighted by Crippen LogP contribution is 2.38. The van der Waals surface area contributed by atoms with Gasteiger partial charge in [-0.3, -0.25) is 19.2 Å². The molecule has 2 aliphatic carbocycles. The van der Waals surface area contributed by atoms with Gasteiger partial charge >= 0.3 is 0 Å². The molecule has 0 bridgehead atoms. The van der Waals surface area contributed by atoms with E-state index in [2.05, 4.69) is 157 Å². The third kappa shape index (κ3) is 19.5. The van der Waals surface area contributed by atoms with Crippen LogP contribution in [0.25, 0.3) is 45.8 Å². The smallest absolute Gasteiger partial charge is 0.237 e. The summed E-state index contributed by atoms with van der Waals surface area (Å²) < 4.78 is 23.4. The van der Waals surface area contributed by atoms with Crippen molar-refractivity contribution in [2.75, 3.05) is 45.9 Å². The minimum atomic E-state index is 0.0650. The summed E-state index contributed by atoms with van der Waals surface area (Å²) in [6.45, 7) is 17.6. The molecule has 558 valence electrons. The lowest BCUT2D eigenvalue weighted by molar-refractivity contribution is -0.118. The molecule has 0 spiro atoms. The first-order valence-corrected chi connectivity index (χ1v) is 42.1. The van der Waals surface area contributed by atoms with Crippen LogP contribution >= 0.6 is 47.0 Å². The van der Waals surface area contributed by atoms with Gasteiger partial charge in [-0.1, -0.05) is 157 Å². The van der Waals surface area contributed by atoms with E-state index in [-0.39, 0.29) is 23.7 Å². The summed E-state index contributed by atoms with van der Waals surface area (Å²) in [7, 11) is 0. The molecule has 16 rings (SSSR count). The highest BCUT2D eigenvalue weighted by molar-refractivity contribution is 7.99. The Morgan fingerprint density at radius 2 is 0.651 bits per heavy atom. The number of hydrogen-bond acceptors (Lipinski definition) is 16. The number of carbonyl (C=O) groups is 4. The normalized spacial score (nSPS) is 14.3. The van der Waals surface area contributed by atoms with Gasteiger partial charge in [-0.2, -0.15) is 0 Å². The van der Waals surface area contributed by atoms with Gasteiger partial charge in [-0.05, 0) is 193 Å². The Morgan fingerprint density at radius 3 is 0.982 bits per heavy atom. The molecule has 8 aromatic carbocycles. The van der Waals surface area contributed by atoms with Crippen LogP contribution in [-0.2, 0) is 74.3 Å². The highest BCUT2D eigenvalue weighted by atomic mass is 32.2. The van der Waals surface area contributed by atoms with Crippen LogP contribution in [0.5, 0.6) is 0 Å². The molecule has 109 heavy (non-hydrogen) atoms. The fraction of sp³-hybridized carbons (Fsp3) is 0.297. The number of amides is 2. The number of carbonyl (C=O) groups excluding carboxylic acids is 4. The maximum atomic E-state index is 12.7. The summed E-state index contributed by atoms with van der Waals surface area (Å²) in [5, 5.41) is 0. The van der Waals surface area contributed by atoms with E-state index in [1.54, 1.807) is 47.0 Å². The summed E-state index contributed by atoms with van der Waals surface area (Å²) in [6.07, 6.45) is 6.81. The van der Waals surface area contributed by atoms with Crippen molar-refractivity contribution in [2.24, 2.45) is 0 Å². The van der Waals surface area contributed by atoms with E-state index in [1.807, 2.05) is 122 Å². The number of benzene rings is 8. The Labute approximate surface area is 656 Å². The summed E-state index contributed by atoms with van der Waals surface area (Å²) in [5.74, 6) is 11.6. The average molecular weight is 1530 g/mol. The maximum absolute atomic E-state index is 12.7. The number of para-hydroxylation sites is 2. The summed E-state index contributed by atoms with van der Waals surface area (Å²) in [6, 6.07) is 65.7. The first kappa shape index (κ1) is 77.4. The topological polar surface area (TPSA) is 179 Å². The molecule has 0 fully saturated rings. The Hall–Kier alpha value is -9.72. The van der Waals surface area contributed by atoms with Crippen molar-refractivity contribution in [2.45, 2.75) is 135 Å². The van der Waals surface area contributed by atoms with Gasteiger partial charge in [-0.15, -0.1) is 47.0 Å². The SMILES string of the molecule is CCc1ccc(-c2nc(CSCC(=O)N3CCc4ccccc43)c(C)o2)cc1.Cc1ccc(-c2nc(CSCC(=O)C3CCc4ccccc43)c(C)o2)cc1.Cc1ccc(-c2nc(CSCC(=O)C3CCc4ccccc43)c(C)o2)cc1.Cc1ccc(-c2nc(CSCC(=O)N3CCc4ccccc43)c(C)o2)cc1. The minimum Gasteiger partial charge on any atom is -0.441 e. The van der Waals surface area contributed by atoms with Crippen LogP contribution < -0.4 is 9.80 Å². The number of hydrogen-bond donors (Lipinski definition) is 0. The van der Waals surface area contributed by atoms with Gasteiger partial charge in [0, 0.05) is 81.6 Å². The molecule has 14 nitrogen and oxygen atoms in total. The highest BCUT2D eigenvalue weighted by Gasteiger charge is 2.31.